The molecule has 0 radical (unpaired) electrons. The molecule has 6 nitrogen and oxygen atoms in total. The lowest BCUT2D eigenvalue weighted by atomic mass is 9.48. The van der Waals surface area contributed by atoms with Crippen LogP contribution in [0.15, 0.2) is 12.3 Å². The van der Waals surface area contributed by atoms with Crippen LogP contribution in [-0.2, 0) is 4.79 Å². The van der Waals surface area contributed by atoms with Gasteiger partial charge in [-0.2, -0.15) is 0 Å². The molecular formula is C21H28N2O4. The van der Waals surface area contributed by atoms with Crippen molar-refractivity contribution in [2.45, 2.75) is 57.8 Å². The van der Waals surface area contributed by atoms with Crippen LogP contribution in [0.2, 0.25) is 0 Å². The van der Waals surface area contributed by atoms with Gasteiger partial charge in [0.15, 0.2) is 0 Å². The molecule has 0 aromatic carbocycles. The number of carbonyl (C=O) groups is 2. The van der Waals surface area contributed by atoms with Crippen LogP contribution < -0.4 is 10.2 Å². The van der Waals surface area contributed by atoms with Gasteiger partial charge in [0.2, 0.25) is 5.88 Å². The topological polar surface area (TPSA) is 88.5 Å². The number of rotatable bonds is 6. The number of ketones is 1. The number of pyridine rings is 1. The van der Waals surface area contributed by atoms with E-state index in [-0.39, 0.29) is 16.9 Å². The summed E-state index contributed by atoms with van der Waals surface area (Å²) in [5.74, 6) is 2.30. The molecule has 2 N–H and O–H groups in total. The van der Waals surface area contributed by atoms with Gasteiger partial charge in [0.25, 0.3) is 5.91 Å². The van der Waals surface area contributed by atoms with Gasteiger partial charge in [-0.1, -0.05) is 6.92 Å². The first kappa shape index (κ1) is 18.4. The normalized spacial score (nSPS) is 32.2. The first-order valence-electron chi connectivity index (χ1n) is 9.95. The predicted octanol–water partition coefficient (Wildman–Crippen LogP) is 3.49. The molecule has 0 spiro atoms. The number of Topliss-reactive ketones (excluding diaryl/α,β-unsaturated/α-hetero) is 1. The SMILES string of the molecule is COc1ncc(C(=O)NO)cc1[C@H](C)CC(=O)C12CC3CC(CC(C3)C1)C2. The monoisotopic (exact) mass is 372 g/mol. The molecule has 1 heterocycles. The standard InChI is InChI=1S/C21H28N2O4/c1-12(17-7-16(19(25)23-26)11-22-20(17)27-2)3-18(24)21-8-13-4-14(9-21)6-15(5-13)10-21/h7,11-15,26H,3-6,8-10H2,1-2H3,(H,23,25)/t12-,13?,14?,15?,21?/m1/s1. The van der Waals surface area contributed by atoms with Gasteiger partial charge in [0, 0.05) is 23.6 Å². The van der Waals surface area contributed by atoms with E-state index in [0.29, 0.717) is 18.1 Å². The Morgan fingerprint density at radius 1 is 1.26 bits per heavy atom. The molecule has 27 heavy (non-hydrogen) atoms. The van der Waals surface area contributed by atoms with Gasteiger partial charge in [0.05, 0.1) is 12.7 Å². The van der Waals surface area contributed by atoms with Crippen LogP contribution in [0.5, 0.6) is 5.88 Å². The molecule has 4 aliphatic carbocycles. The Morgan fingerprint density at radius 2 is 1.85 bits per heavy atom. The average Bonchev–Trinajstić information content (AvgIpc) is 2.65. The molecule has 5 rings (SSSR count). The fourth-order valence-electron chi connectivity index (χ4n) is 6.24. The molecule has 146 valence electrons. The molecule has 1 aromatic rings. The molecule has 4 aliphatic rings. The van der Waals surface area contributed by atoms with Crippen molar-refractivity contribution in [1.29, 1.82) is 0 Å². The molecule has 1 aromatic heterocycles. The van der Waals surface area contributed by atoms with E-state index in [1.165, 1.54) is 32.6 Å². The largest absolute Gasteiger partial charge is 0.481 e. The minimum absolute atomic E-state index is 0.0978. The fraction of sp³-hybridized carbons (Fsp3) is 0.667. The third kappa shape index (κ3) is 3.24. The second kappa shape index (κ2) is 6.89. The Morgan fingerprint density at radius 3 is 2.37 bits per heavy atom. The Labute approximate surface area is 159 Å². The fourth-order valence-corrected chi connectivity index (χ4v) is 6.24. The minimum Gasteiger partial charge on any atom is -0.481 e. The Hall–Kier alpha value is -1.95. The highest BCUT2D eigenvalue weighted by Gasteiger charge is 2.54. The van der Waals surface area contributed by atoms with Crippen LogP contribution in [0, 0.1) is 23.2 Å². The molecule has 4 fully saturated rings. The van der Waals surface area contributed by atoms with Crippen molar-refractivity contribution in [2.24, 2.45) is 23.2 Å². The van der Waals surface area contributed by atoms with Gasteiger partial charge in [-0.05, 0) is 68.3 Å². The van der Waals surface area contributed by atoms with Crippen LogP contribution in [-0.4, -0.2) is 29.0 Å². The minimum atomic E-state index is -0.619. The first-order chi connectivity index (χ1) is 12.9. The summed E-state index contributed by atoms with van der Waals surface area (Å²) >= 11 is 0. The molecule has 4 bridgehead atoms. The summed E-state index contributed by atoms with van der Waals surface area (Å²) in [6.45, 7) is 1.98. The van der Waals surface area contributed by atoms with E-state index < -0.39 is 5.91 Å². The second-order valence-electron chi connectivity index (χ2n) is 8.99. The van der Waals surface area contributed by atoms with Crippen molar-refractivity contribution in [1.82, 2.24) is 10.5 Å². The summed E-state index contributed by atoms with van der Waals surface area (Å²) in [6, 6.07) is 1.66. The van der Waals surface area contributed by atoms with Gasteiger partial charge >= 0.3 is 0 Å². The number of nitrogens with one attached hydrogen (secondary N) is 1. The predicted molar refractivity (Wildman–Crippen MR) is 98.7 cm³/mol. The van der Waals surface area contributed by atoms with Crippen LogP contribution in [0.25, 0.3) is 0 Å². The zero-order valence-corrected chi connectivity index (χ0v) is 16.0. The van der Waals surface area contributed by atoms with Gasteiger partial charge in [-0.3, -0.25) is 14.8 Å². The van der Waals surface area contributed by atoms with Crippen LogP contribution >= 0.6 is 0 Å². The molecular weight excluding hydrogens is 344 g/mol. The van der Waals surface area contributed by atoms with Crippen LogP contribution in [0.4, 0.5) is 0 Å². The molecule has 1 amide bonds. The van der Waals surface area contributed by atoms with Crippen molar-refractivity contribution < 1.29 is 19.5 Å². The lowest BCUT2D eigenvalue weighted by molar-refractivity contribution is -0.144. The zero-order valence-electron chi connectivity index (χ0n) is 16.0. The average molecular weight is 372 g/mol. The van der Waals surface area contributed by atoms with E-state index in [1.807, 2.05) is 6.92 Å². The highest BCUT2D eigenvalue weighted by Crippen LogP contribution is 2.60. The summed E-state index contributed by atoms with van der Waals surface area (Å²) in [5.41, 5.74) is 2.49. The molecule has 6 heteroatoms. The van der Waals surface area contributed by atoms with E-state index >= 15 is 0 Å². The summed E-state index contributed by atoms with van der Waals surface area (Å²) in [4.78, 5) is 29.3. The maximum Gasteiger partial charge on any atom is 0.276 e. The lowest BCUT2D eigenvalue weighted by Crippen LogP contribution is -2.50. The highest BCUT2D eigenvalue weighted by molar-refractivity contribution is 5.93. The lowest BCUT2D eigenvalue weighted by Gasteiger charge is -2.56. The second-order valence-corrected chi connectivity index (χ2v) is 8.99. The van der Waals surface area contributed by atoms with Crippen LogP contribution in [0.1, 0.15) is 73.7 Å². The van der Waals surface area contributed by atoms with Crippen molar-refractivity contribution in [3.8, 4) is 5.88 Å². The van der Waals surface area contributed by atoms with E-state index in [1.54, 1.807) is 11.5 Å². The number of hydrogen-bond acceptors (Lipinski definition) is 5. The third-order valence-electron chi connectivity index (χ3n) is 7.09. The van der Waals surface area contributed by atoms with Crippen LogP contribution in [0.3, 0.4) is 0 Å². The zero-order chi connectivity index (χ0) is 19.2. The quantitative estimate of drug-likeness (QED) is 0.589. The summed E-state index contributed by atoms with van der Waals surface area (Å²) in [7, 11) is 1.53. The smallest absolute Gasteiger partial charge is 0.276 e. The van der Waals surface area contributed by atoms with E-state index in [9.17, 15) is 9.59 Å². The number of ether oxygens (including phenoxy) is 1. The first-order valence-corrected chi connectivity index (χ1v) is 9.95. The number of nitrogens with zero attached hydrogens (tertiary/aromatic N) is 1. The van der Waals surface area contributed by atoms with Gasteiger partial charge < -0.3 is 4.74 Å². The van der Waals surface area contributed by atoms with Crippen molar-refractivity contribution in [3.05, 3.63) is 23.4 Å². The van der Waals surface area contributed by atoms with Gasteiger partial charge in [-0.25, -0.2) is 10.5 Å². The summed E-state index contributed by atoms with van der Waals surface area (Å²) in [5, 5.41) is 8.87. The number of aromatic nitrogens is 1. The molecule has 4 saturated carbocycles. The van der Waals surface area contributed by atoms with Crippen molar-refractivity contribution in [3.63, 3.8) is 0 Å². The number of methoxy groups -OCH3 is 1. The number of carbonyl (C=O) groups excluding carboxylic acids is 2. The number of hydrogen-bond donors (Lipinski definition) is 2. The molecule has 0 saturated heterocycles. The summed E-state index contributed by atoms with van der Waals surface area (Å²) < 4.78 is 5.35. The van der Waals surface area contributed by atoms with Crippen molar-refractivity contribution >= 4 is 11.7 Å². The molecule has 0 aliphatic heterocycles. The third-order valence-corrected chi connectivity index (χ3v) is 7.09. The summed E-state index contributed by atoms with van der Waals surface area (Å²) in [6.07, 6.45) is 8.94. The van der Waals surface area contributed by atoms with Crippen molar-refractivity contribution in [2.75, 3.05) is 7.11 Å². The van der Waals surface area contributed by atoms with E-state index in [4.69, 9.17) is 9.94 Å². The van der Waals surface area contributed by atoms with E-state index in [2.05, 4.69) is 4.98 Å². The molecule has 0 unspecified atom stereocenters. The highest BCUT2D eigenvalue weighted by atomic mass is 16.5. The van der Waals surface area contributed by atoms with Gasteiger partial charge in [-0.15, -0.1) is 0 Å². The Bertz CT molecular complexity index is 725. The number of amides is 1. The molecule has 1 atom stereocenters. The van der Waals surface area contributed by atoms with E-state index in [0.717, 1.165) is 42.6 Å². The number of hydroxylamine groups is 1. The maximum absolute atomic E-state index is 13.4. The van der Waals surface area contributed by atoms with Gasteiger partial charge in [0.1, 0.15) is 5.78 Å². The maximum atomic E-state index is 13.4. The Balaban J connectivity index is 1.54. The Kier molecular flexibility index (Phi) is 4.70.